The molecule has 2 aromatic heterocycles. The lowest BCUT2D eigenvalue weighted by molar-refractivity contribution is 0.569. The van der Waals surface area contributed by atoms with Gasteiger partial charge in [-0.2, -0.15) is 0 Å². The van der Waals surface area contributed by atoms with Crippen LogP contribution in [0.2, 0.25) is 0 Å². The monoisotopic (exact) mass is 263 g/mol. The molecule has 0 fully saturated rings. The van der Waals surface area contributed by atoms with E-state index in [0.717, 1.165) is 10.7 Å². The predicted molar refractivity (Wildman–Crippen MR) is 75.0 cm³/mol. The maximum atomic E-state index is 11.7. The first-order valence-electron chi connectivity index (χ1n) is 5.77. The first-order chi connectivity index (χ1) is 8.36. The van der Waals surface area contributed by atoms with E-state index in [1.807, 2.05) is 5.38 Å². The highest BCUT2D eigenvalue weighted by Crippen LogP contribution is 2.24. The Bertz CT molecular complexity index is 607. The zero-order chi connectivity index (χ0) is 13.3. The second kappa shape index (κ2) is 4.57. The molecule has 0 aliphatic heterocycles. The third kappa shape index (κ3) is 2.79. The molecule has 0 saturated carbocycles. The van der Waals surface area contributed by atoms with Crippen LogP contribution in [-0.4, -0.2) is 9.55 Å². The van der Waals surface area contributed by atoms with E-state index < -0.39 is 0 Å². The van der Waals surface area contributed by atoms with Crippen molar-refractivity contribution in [2.75, 3.05) is 5.73 Å². The molecule has 2 N–H and O–H groups in total. The molecule has 2 rings (SSSR count). The lowest BCUT2D eigenvalue weighted by Crippen LogP contribution is -2.19. The van der Waals surface area contributed by atoms with Gasteiger partial charge in [0, 0.05) is 28.7 Å². The molecule has 0 amide bonds. The smallest absolute Gasteiger partial charge is 0.251 e. The lowest BCUT2D eigenvalue weighted by atomic mass is 9.93. The van der Waals surface area contributed by atoms with Crippen molar-refractivity contribution in [1.29, 1.82) is 0 Å². The highest BCUT2D eigenvalue weighted by molar-refractivity contribution is 7.09. The number of thiazole rings is 1. The number of nitrogens with two attached hydrogens (primary N) is 1. The molecule has 0 aromatic carbocycles. The second-order valence-electron chi connectivity index (χ2n) is 5.31. The van der Waals surface area contributed by atoms with Crippen molar-refractivity contribution < 1.29 is 0 Å². The van der Waals surface area contributed by atoms with Crippen molar-refractivity contribution in [3.8, 4) is 0 Å². The Morgan fingerprint density at radius 2 is 2.11 bits per heavy atom. The Labute approximate surface area is 110 Å². The molecule has 2 aromatic rings. The van der Waals surface area contributed by atoms with Gasteiger partial charge in [0.15, 0.2) is 0 Å². The van der Waals surface area contributed by atoms with E-state index in [9.17, 15) is 4.79 Å². The first-order valence-corrected chi connectivity index (χ1v) is 6.65. The van der Waals surface area contributed by atoms with Gasteiger partial charge in [0.25, 0.3) is 5.56 Å². The van der Waals surface area contributed by atoms with Gasteiger partial charge in [0.05, 0.1) is 12.2 Å². The van der Waals surface area contributed by atoms with Gasteiger partial charge in [-0.05, 0) is 6.07 Å². The number of aromatic nitrogens is 2. The Balaban J connectivity index is 2.27. The topological polar surface area (TPSA) is 60.9 Å². The van der Waals surface area contributed by atoms with Crippen LogP contribution in [0.1, 0.15) is 31.5 Å². The SMILES string of the molecule is CC(C)(C)c1csc(Cn2cc(N)ccc2=O)n1. The average molecular weight is 263 g/mol. The fourth-order valence-corrected chi connectivity index (χ4v) is 2.57. The zero-order valence-electron chi connectivity index (χ0n) is 10.8. The molecular weight excluding hydrogens is 246 g/mol. The summed E-state index contributed by atoms with van der Waals surface area (Å²) in [6.45, 7) is 6.85. The summed E-state index contributed by atoms with van der Waals surface area (Å²) in [4.78, 5) is 16.2. The van der Waals surface area contributed by atoms with E-state index in [1.54, 1.807) is 28.2 Å². The van der Waals surface area contributed by atoms with Gasteiger partial charge in [-0.3, -0.25) is 4.79 Å². The van der Waals surface area contributed by atoms with E-state index >= 15 is 0 Å². The third-order valence-corrected chi connectivity index (χ3v) is 3.47. The van der Waals surface area contributed by atoms with Crippen molar-refractivity contribution >= 4 is 17.0 Å². The number of nitrogen functional groups attached to an aromatic ring is 1. The van der Waals surface area contributed by atoms with Gasteiger partial charge >= 0.3 is 0 Å². The summed E-state index contributed by atoms with van der Waals surface area (Å²) in [5, 5.41) is 2.97. The van der Waals surface area contributed by atoms with E-state index in [1.165, 1.54) is 6.07 Å². The van der Waals surface area contributed by atoms with Gasteiger partial charge < -0.3 is 10.3 Å². The van der Waals surface area contributed by atoms with E-state index in [4.69, 9.17) is 5.73 Å². The summed E-state index contributed by atoms with van der Waals surface area (Å²) in [5.74, 6) is 0. The van der Waals surface area contributed by atoms with Crippen LogP contribution in [0.3, 0.4) is 0 Å². The first kappa shape index (κ1) is 12.8. The molecular formula is C13H17N3OS. The molecule has 0 aliphatic rings. The molecule has 0 aliphatic carbocycles. The highest BCUT2D eigenvalue weighted by Gasteiger charge is 2.17. The van der Waals surface area contributed by atoms with Gasteiger partial charge in [0.1, 0.15) is 5.01 Å². The number of nitrogens with zero attached hydrogens (tertiary/aromatic N) is 2. The van der Waals surface area contributed by atoms with Crippen molar-refractivity contribution in [1.82, 2.24) is 9.55 Å². The molecule has 0 saturated heterocycles. The number of rotatable bonds is 2. The molecule has 18 heavy (non-hydrogen) atoms. The molecule has 2 heterocycles. The van der Waals surface area contributed by atoms with Crippen LogP contribution < -0.4 is 11.3 Å². The molecule has 0 radical (unpaired) electrons. The Morgan fingerprint density at radius 1 is 1.39 bits per heavy atom. The van der Waals surface area contributed by atoms with Crippen LogP contribution in [0.25, 0.3) is 0 Å². The Morgan fingerprint density at radius 3 is 2.72 bits per heavy atom. The number of anilines is 1. The standard InChI is InChI=1S/C13H17N3OS/c1-13(2,3)10-8-18-11(15-10)7-16-6-9(14)4-5-12(16)17/h4-6,8H,7,14H2,1-3H3. The summed E-state index contributed by atoms with van der Waals surface area (Å²) in [7, 11) is 0. The van der Waals surface area contributed by atoms with Gasteiger partial charge in [-0.1, -0.05) is 20.8 Å². The summed E-state index contributed by atoms with van der Waals surface area (Å²) in [6, 6.07) is 3.09. The minimum Gasteiger partial charge on any atom is -0.398 e. The number of hydrogen-bond acceptors (Lipinski definition) is 4. The van der Waals surface area contributed by atoms with Gasteiger partial charge in [-0.15, -0.1) is 11.3 Å². The van der Waals surface area contributed by atoms with Gasteiger partial charge in [-0.25, -0.2) is 4.98 Å². The average Bonchev–Trinajstić information content (AvgIpc) is 2.71. The van der Waals surface area contributed by atoms with Crippen LogP contribution in [0, 0.1) is 0 Å². The predicted octanol–water partition coefficient (Wildman–Crippen LogP) is 2.23. The maximum Gasteiger partial charge on any atom is 0.251 e. The molecule has 4 nitrogen and oxygen atoms in total. The molecule has 0 unspecified atom stereocenters. The van der Waals surface area contributed by atoms with Crippen LogP contribution >= 0.6 is 11.3 Å². The maximum absolute atomic E-state index is 11.7. The van der Waals surface area contributed by atoms with Crippen molar-refractivity contribution in [2.24, 2.45) is 0 Å². The van der Waals surface area contributed by atoms with Crippen LogP contribution in [0.15, 0.2) is 28.5 Å². The summed E-state index contributed by atoms with van der Waals surface area (Å²) >= 11 is 1.57. The Hall–Kier alpha value is -1.62. The highest BCUT2D eigenvalue weighted by atomic mass is 32.1. The number of hydrogen-bond donors (Lipinski definition) is 1. The fraction of sp³-hybridized carbons (Fsp3) is 0.385. The second-order valence-corrected chi connectivity index (χ2v) is 6.25. The van der Waals surface area contributed by atoms with Gasteiger partial charge in [0.2, 0.25) is 0 Å². The van der Waals surface area contributed by atoms with Crippen molar-refractivity contribution in [2.45, 2.75) is 32.7 Å². The van der Waals surface area contributed by atoms with Crippen molar-refractivity contribution in [3.05, 3.63) is 44.8 Å². The molecule has 0 atom stereocenters. The largest absolute Gasteiger partial charge is 0.398 e. The molecule has 0 spiro atoms. The minimum atomic E-state index is -0.0586. The minimum absolute atomic E-state index is 0.0371. The zero-order valence-corrected chi connectivity index (χ0v) is 11.6. The summed E-state index contributed by atoms with van der Waals surface area (Å²) < 4.78 is 1.58. The van der Waals surface area contributed by atoms with Crippen LogP contribution in [0.5, 0.6) is 0 Å². The lowest BCUT2D eigenvalue weighted by Gasteiger charge is -2.14. The third-order valence-electron chi connectivity index (χ3n) is 2.63. The fourth-order valence-electron chi connectivity index (χ4n) is 1.55. The van der Waals surface area contributed by atoms with E-state index in [0.29, 0.717) is 12.2 Å². The summed E-state index contributed by atoms with van der Waals surface area (Å²) in [6.07, 6.45) is 1.65. The summed E-state index contributed by atoms with van der Waals surface area (Å²) in [5.41, 5.74) is 7.30. The quantitative estimate of drug-likeness (QED) is 0.903. The number of pyridine rings is 1. The normalized spacial score (nSPS) is 11.7. The van der Waals surface area contributed by atoms with E-state index in [-0.39, 0.29) is 11.0 Å². The van der Waals surface area contributed by atoms with Crippen LogP contribution in [0.4, 0.5) is 5.69 Å². The molecule has 96 valence electrons. The van der Waals surface area contributed by atoms with Crippen LogP contribution in [-0.2, 0) is 12.0 Å². The Kier molecular flexibility index (Phi) is 3.26. The van der Waals surface area contributed by atoms with E-state index in [2.05, 4.69) is 25.8 Å². The van der Waals surface area contributed by atoms with Crippen molar-refractivity contribution in [3.63, 3.8) is 0 Å². The molecule has 0 bridgehead atoms. The molecule has 5 heteroatoms.